The number of rotatable bonds is 5. The molecule has 0 aromatic heterocycles. The summed E-state index contributed by atoms with van der Waals surface area (Å²) in [7, 11) is 0. The van der Waals surface area contributed by atoms with E-state index in [0.29, 0.717) is 5.41 Å². The molecule has 1 saturated heterocycles. The minimum absolute atomic E-state index is 0.686. The molecule has 1 aliphatic heterocycles. The Morgan fingerprint density at radius 3 is 2.29 bits per heavy atom. The second-order valence-electron chi connectivity index (χ2n) is 6.17. The third-order valence-corrected chi connectivity index (χ3v) is 5.05. The quantitative estimate of drug-likeness (QED) is 0.792. The molecule has 1 saturated carbocycles. The van der Waals surface area contributed by atoms with Crippen LogP contribution in [0.25, 0.3) is 0 Å². The summed E-state index contributed by atoms with van der Waals surface area (Å²) in [5.41, 5.74) is 0.686. The molecule has 1 aliphatic carbocycles. The molecular formula is C15H30N2. The Kier molecular flexibility index (Phi) is 4.87. The molecule has 0 spiro atoms. The van der Waals surface area contributed by atoms with Crippen molar-refractivity contribution >= 4 is 0 Å². The lowest BCUT2D eigenvalue weighted by Crippen LogP contribution is -2.45. The SMILES string of the molecule is CCNC1CCN(CC2(CC)CCCC2)CC1. The molecule has 0 aromatic carbocycles. The summed E-state index contributed by atoms with van der Waals surface area (Å²) < 4.78 is 0. The van der Waals surface area contributed by atoms with Crippen molar-refractivity contribution in [2.75, 3.05) is 26.2 Å². The highest BCUT2D eigenvalue weighted by molar-refractivity contribution is 4.88. The highest BCUT2D eigenvalue weighted by Crippen LogP contribution is 2.41. The lowest BCUT2D eigenvalue weighted by Gasteiger charge is -2.39. The molecule has 0 aromatic rings. The van der Waals surface area contributed by atoms with Crippen molar-refractivity contribution in [1.29, 1.82) is 0 Å². The van der Waals surface area contributed by atoms with Crippen molar-refractivity contribution in [3.63, 3.8) is 0 Å². The third kappa shape index (κ3) is 3.45. The summed E-state index contributed by atoms with van der Waals surface area (Å²) in [6.45, 7) is 9.76. The van der Waals surface area contributed by atoms with Crippen molar-refractivity contribution in [3.05, 3.63) is 0 Å². The minimum atomic E-state index is 0.686. The Morgan fingerprint density at radius 2 is 1.76 bits per heavy atom. The summed E-state index contributed by atoms with van der Waals surface area (Å²) in [4.78, 5) is 2.74. The predicted molar refractivity (Wildman–Crippen MR) is 74.3 cm³/mol. The fourth-order valence-corrected chi connectivity index (χ4v) is 3.81. The van der Waals surface area contributed by atoms with Crippen LogP contribution in [0.1, 0.15) is 58.8 Å². The third-order valence-electron chi connectivity index (χ3n) is 5.05. The van der Waals surface area contributed by atoms with Crippen molar-refractivity contribution < 1.29 is 0 Å². The van der Waals surface area contributed by atoms with Crippen LogP contribution in [0.2, 0.25) is 0 Å². The number of nitrogens with zero attached hydrogens (tertiary/aromatic N) is 1. The van der Waals surface area contributed by atoms with Gasteiger partial charge in [-0.3, -0.25) is 0 Å². The van der Waals surface area contributed by atoms with Crippen molar-refractivity contribution in [1.82, 2.24) is 10.2 Å². The number of likely N-dealkylation sites (tertiary alicyclic amines) is 1. The zero-order valence-corrected chi connectivity index (χ0v) is 11.8. The van der Waals surface area contributed by atoms with Gasteiger partial charge < -0.3 is 10.2 Å². The lowest BCUT2D eigenvalue weighted by molar-refractivity contribution is 0.116. The molecule has 100 valence electrons. The molecule has 2 fully saturated rings. The normalized spacial score (nSPS) is 26.5. The Morgan fingerprint density at radius 1 is 1.12 bits per heavy atom. The van der Waals surface area contributed by atoms with Crippen molar-refractivity contribution in [2.24, 2.45) is 5.41 Å². The second-order valence-corrected chi connectivity index (χ2v) is 6.17. The first-order valence-electron chi connectivity index (χ1n) is 7.74. The zero-order chi connectivity index (χ0) is 12.1. The summed E-state index contributed by atoms with van der Waals surface area (Å²) in [5, 5.41) is 3.60. The Bertz CT molecular complexity index is 213. The predicted octanol–water partition coefficient (Wildman–Crippen LogP) is 3.03. The molecule has 2 nitrogen and oxygen atoms in total. The van der Waals surface area contributed by atoms with Gasteiger partial charge in [-0.25, -0.2) is 0 Å². The fourth-order valence-electron chi connectivity index (χ4n) is 3.81. The van der Waals surface area contributed by atoms with E-state index >= 15 is 0 Å². The molecule has 0 atom stereocenters. The molecular weight excluding hydrogens is 208 g/mol. The summed E-state index contributed by atoms with van der Waals surface area (Å²) in [5.74, 6) is 0. The molecule has 1 N–H and O–H groups in total. The molecule has 2 aliphatic rings. The number of hydrogen-bond acceptors (Lipinski definition) is 2. The van der Waals surface area contributed by atoms with E-state index in [1.54, 1.807) is 0 Å². The van der Waals surface area contributed by atoms with Crippen LogP contribution in [0, 0.1) is 5.41 Å². The second kappa shape index (κ2) is 6.19. The average Bonchev–Trinajstić information content (AvgIpc) is 2.81. The molecule has 0 amide bonds. The largest absolute Gasteiger partial charge is 0.314 e. The topological polar surface area (TPSA) is 15.3 Å². The fraction of sp³-hybridized carbons (Fsp3) is 1.00. The number of nitrogens with one attached hydrogen (secondary N) is 1. The molecule has 2 heteroatoms. The summed E-state index contributed by atoms with van der Waals surface area (Å²) in [6, 6.07) is 0.789. The van der Waals surface area contributed by atoms with E-state index in [1.165, 1.54) is 64.6 Å². The van der Waals surface area contributed by atoms with Crippen LogP contribution >= 0.6 is 0 Å². The standard InChI is InChI=1S/C15H30N2/c1-3-15(9-5-6-10-15)13-17-11-7-14(8-12-17)16-4-2/h14,16H,3-13H2,1-2H3. The average molecular weight is 238 g/mol. The molecule has 17 heavy (non-hydrogen) atoms. The summed E-state index contributed by atoms with van der Waals surface area (Å²) >= 11 is 0. The highest BCUT2D eigenvalue weighted by Gasteiger charge is 2.34. The van der Waals surface area contributed by atoms with E-state index in [2.05, 4.69) is 24.1 Å². The van der Waals surface area contributed by atoms with Crippen LogP contribution in [-0.4, -0.2) is 37.1 Å². The lowest BCUT2D eigenvalue weighted by atomic mass is 9.82. The molecule has 0 radical (unpaired) electrons. The van der Waals surface area contributed by atoms with E-state index in [4.69, 9.17) is 0 Å². The maximum Gasteiger partial charge on any atom is 0.00912 e. The first kappa shape index (κ1) is 13.4. The zero-order valence-electron chi connectivity index (χ0n) is 11.8. The number of hydrogen-bond donors (Lipinski definition) is 1. The van der Waals surface area contributed by atoms with E-state index in [9.17, 15) is 0 Å². The molecule has 2 rings (SSSR count). The van der Waals surface area contributed by atoms with Crippen LogP contribution in [-0.2, 0) is 0 Å². The molecule has 0 unspecified atom stereocenters. The van der Waals surface area contributed by atoms with Gasteiger partial charge in [0, 0.05) is 12.6 Å². The van der Waals surface area contributed by atoms with Crippen LogP contribution in [0.3, 0.4) is 0 Å². The minimum Gasteiger partial charge on any atom is -0.314 e. The maximum absolute atomic E-state index is 3.60. The van der Waals surface area contributed by atoms with Crippen molar-refractivity contribution in [2.45, 2.75) is 64.8 Å². The van der Waals surface area contributed by atoms with Gasteiger partial charge >= 0.3 is 0 Å². The first-order valence-corrected chi connectivity index (χ1v) is 7.74. The number of piperidine rings is 1. The Labute approximate surface area is 107 Å². The van der Waals surface area contributed by atoms with E-state index < -0.39 is 0 Å². The van der Waals surface area contributed by atoms with Gasteiger partial charge in [0.2, 0.25) is 0 Å². The van der Waals surface area contributed by atoms with Gasteiger partial charge in [0.05, 0.1) is 0 Å². The first-order chi connectivity index (χ1) is 8.28. The smallest absolute Gasteiger partial charge is 0.00912 e. The van der Waals surface area contributed by atoms with Crippen molar-refractivity contribution in [3.8, 4) is 0 Å². The maximum atomic E-state index is 3.60. The van der Waals surface area contributed by atoms with Crippen LogP contribution in [0.15, 0.2) is 0 Å². The molecule has 1 heterocycles. The van der Waals surface area contributed by atoms with Gasteiger partial charge in [0.1, 0.15) is 0 Å². The molecule has 0 bridgehead atoms. The van der Waals surface area contributed by atoms with Gasteiger partial charge in [-0.15, -0.1) is 0 Å². The van der Waals surface area contributed by atoms with E-state index in [1.807, 2.05) is 0 Å². The highest BCUT2D eigenvalue weighted by atomic mass is 15.1. The van der Waals surface area contributed by atoms with Gasteiger partial charge in [-0.05, 0) is 57.2 Å². The van der Waals surface area contributed by atoms with Gasteiger partial charge in [0.15, 0.2) is 0 Å². The van der Waals surface area contributed by atoms with Gasteiger partial charge in [-0.1, -0.05) is 26.7 Å². The summed E-state index contributed by atoms with van der Waals surface area (Å²) in [6.07, 6.45) is 10.0. The monoisotopic (exact) mass is 238 g/mol. The van der Waals surface area contributed by atoms with Gasteiger partial charge in [-0.2, -0.15) is 0 Å². The van der Waals surface area contributed by atoms with Crippen LogP contribution < -0.4 is 5.32 Å². The van der Waals surface area contributed by atoms with E-state index in [-0.39, 0.29) is 0 Å². The van der Waals surface area contributed by atoms with E-state index in [0.717, 1.165) is 12.6 Å². The Balaban J connectivity index is 1.77. The van der Waals surface area contributed by atoms with Crippen LogP contribution in [0.5, 0.6) is 0 Å². The van der Waals surface area contributed by atoms with Gasteiger partial charge in [0.25, 0.3) is 0 Å². The van der Waals surface area contributed by atoms with Crippen LogP contribution in [0.4, 0.5) is 0 Å². The Hall–Kier alpha value is -0.0800.